The van der Waals surface area contributed by atoms with E-state index in [0.717, 1.165) is 25.8 Å². The van der Waals surface area contributed by atoms with Gasteiger partial charge >= 0.3 is 0 Å². The zero-order valence-corrected chi connectivity index (χ0v) is 19.1. The maximum absolute atomic E-state index is 5.94. The van der Waals surface area contributed by atoms with Gasteiger partial charge in [-0.1, -0.05) is 23.4 Å². The molecular formula is C23H18BrClN2OS. The molecule has 146 valence electrons. The maximum Gasteiger partial charge on any atom is 0.179 e. The van der Waals surface area contributed by atoms with Crippen LogP contribution in [0.1, 0.15) is 17.1 Å². The van der Waals surface area contributed by atoms with Crippen molar-refractivity contribution in [3.63, 3.8) is 0 Å². The van der Waals surface area contributed by atoms with Gasteiger partial charge in [0, 0.05) is 33.1 Å². The average molecular weight is 486 g/mol. The number of aliphatic imine (C=N–C) groups is 1. The van der Waals surface area contributed by atoms with Gasteiger partial charge in [-0.05, 0) is 90.4 Å². The smallest absolute Gasteiger partial charge is 0.179 e. The lowest BCUT2D eigenvalue weighted by Gasteiger charge is -2.09. The molecule has 0 bridgehead atoms. The van der Waals surface area contributed by atoms with E-state index in [1.54, 1.807) is 6.21 Å². The van der Waals surface area contributed by atoms with E-state index in [1.165, 1.54) is 23.1 Å². The lowest BCUT2D eigenvalue weighted by atomic mass is 10.2. The second kappa shape index (κ2) is 8.66. The van der Waals surface area contributed by atoms with Crippen LogP contribution < -0.4 is 0 Å². The van der Waals surface area contributed by atoms with Gasteiger partial charge in [-0.25, -0.2) is 0 Å². The van der Waals surface area contributed by atoms with Crippen LogP contribution in [0.15, 0.2) is 90.6 Å². The van der Waals surface area contributed by atoms with E-state index in [-0.39, 0.29) is 0 Å². The Kier molecular flexibility index (Phi) is 5.99. The first-order chi connectivity index (χ1) is 14.0. The number of benzene rings is 2. The SMILES string of the molecule is Cc1ccc(C)n1-c1ccc(N=Cc2cc(Br)c(Sc3ccc(Cl)cc3)o2)cc1. The van der Waals surface area contributed by atoms with Gasteiger partial charge < -0.3 is 8.98 Å². The highest BCUT2D eigenvalue weighted by atomic mass is 79.9. The third kappa shape index (κ3) is 4.69. The highest BCUT2D eigenvalue weighted by Gasteiger charge is 2.10. The van der Waals surface area contributed by atoms with Crippen LogP contribution in [0.2, 0.25) is 5.02 Å². The van der Waals surface area contributed by atoms with E-state index in [4.69, 9.17) is 16.0 Å². The van der Waals surface area contributed by atoms with E-state index in [0.29, 0.717) is 10.8 Å². The summed E-state index contributed by atoms with van der Waals surface area (Å²) in [5, 5.41) is 1.50. The molecule has 0 spiro atoms. The number of aryl methyl sites for hydroxylation is 2. The minimum absolute atomic E-state index is 0.689. The molecule has 0 atom stereocenters. The number of halogens is 2. The molecule has 0 N–H and O–H groups in total. The van der Waals surface area contributed by atoms with Gasteiger partial charge in [-0.15, -0.1) is 0 Å². The Balaban J connectivity index is 1.48. The third-order valence-corrected chi connectivity index (χ3v) is 6.52. The number of nitrogens with zero attached hydrogens (tertiary/aromatic N) is 2. The van der Waals surface area contributed by atoms with E-state index in [1.807, 2.05) is 42.5 Å². The summed E-state index contributed by atoms with van der Waals surface area (Å²) in [6.07, 6.45) is 1.73. The summed E-state index contributed by atoms with van der Waals surface area (Å²) in [5.74, 6) is 0.689. The van der Waals surface area contributed by atoms with E-state index < -0.39 is 0 Å². The first kappa shape index (κ1) is 20.1. The lowest BCUT2D eigenvalue weighted by molar-refractivity contribution is 0.466. The summed E-state index contributed by atoms with van der Waals surface area (Å²) in [4.78, 5) is 5.60. The molecule has 3 nitrogen and oxygen atoms in total. The molecule has 4 aromatic rings. The van der Waals surface area contributed by atoms with E-state index in [2.05, 4.69) is 63.6 Å². The predicted molar refractivity (Wildman–Crippen MR) is 124 cm³/mol. The molecular weight excluding hydrogens is 468 g/mol. The first-order valence-corrected chi connectivity index (χ1v) is 11.0. The van der Waals surface area contributed by atoms with Crippen LogP contribution in [-0.2, 0) is 0 Å². The van der Waals surface area contributed by atoms with Crippen LogP contribution in [0.25, 0.3) is 5.69 Å². The average Bonchev–Trinajstić information content (AvgIpc) is 3.24. The van der Waals surface area contributed by atoms with Gasteiger partial charge in [0.25, 0.3) is 0 Å². The van der Waals surface area contributed by atoms with Crippen LogP contribution in [0.5, 0.6) is 0 Å². The molecule has 0 saturated carbocycles. The van der Waals surface area contributed by atoms with Crippen molar-refractivity contribution in [1.29, 1.82) is 0 Å². The molecule has 0 aliphatic carbocycles. The highest BCUT2D eigenvalue weighted by Crippen LogP contribution is 2.36. The molecule has 2 heterocycles. The molecule has 6 heteroatoms. The number of aromatic nitrogens is 1. The molecule has 0 radical (unpaired) electrons. The molecule has 4 rings (SSSR count). The lowest BCUT2D eigenvalue weighted by Crippen LogP contribution is -1.97. The Morgan fingerprint density at radius 1 is 0.966 bits per heavy atom. The molecule has 0 aliphatic heterocycles. The van der Waals surface area contributed by atoms with Gasteiger partial charge in [-0.3, -0.25) is 4.99 Å². The molecule has 0 amide bonds. The maximum atomic E-state index is 5.94. The second-order valence-corrected chi connectivity index (χ2v) is 8.90. The largest absolute Gasteiger partial charge is 0.447 e. The Labute approximate surface area is 187 Å². The fourth-order valence-electron chi connectivity index (χ4n) is 3.01. The highest BCUT2D eigenvalue weighted by molar-refractivity contribution is 9.10. The first-order valence-electron chi connectivity index (χ1n) is 9.02. The van der Waals surface area contributed by atoms with Gasteiger partial charge in [0.2, 0.25) is 0 Å². The Hall–Kier alpha value is -2.21. The summed E-state index contributed by atoms with van der Waals surface area (Å²) in [5.41, 5.74) is 4.43. The topological polar surface area (TPSA) is 30.4 Å². The predicted octanol–water partition coefficient (Wildman–Crippen LogP) is 8.00. The van der Waals surface area contributed by atoms with Gasteiger partial charge in [0.05, 0.1) is 16.4 Å². The van der Waals surface area contributed by atoms with Gasteiger partial charge in [-0.2, -0.15) is 0 Å². The molecule has 2 aromatic heterocycles. The zero-order chi connectivity index (χ0) is 20.4. The minimum atomic E-state index is 0.689. The molecule has 0 aliphatic rings. The quantitative estimate of drug-likeness (QED) is 0.268. The van der Waals surface area contributed by atoms with E-state index >= 15 is 0 Å². The summed E-state index contributed by atoms with van der Waals surface area (Å²) < 4.78 is 9.03. The van der Waals surface area contributed by atoms with Crippen molar-refractivity contribution < 1.29 is 4.42 Å². The van der Waals surface area contributed by atoms with Crippen molar-refractivity contribution >= 4 is 51.2 Å². The summed E-state index contributed by atoms with van der Waals surface area (Å²) in [7, 11) is 0. The standard InChI is InChI=1S/C23H18BrClN2OS/c1-15-3-4-16(2)27(15)19-9-7-18(8-10-19)26-14-20-13-22(24)23(28-20)29-21-11-5-17(25)6-12-21/h3-14H,1-2H3. The fourth-order valence-corrected chi connectivity index (χ4v) is 4.47. The third-order valence-electron chi connectivity index (χ3n) is 4.42. The van der Waals surface area contributed by atoms with Crippen LogP contribution >= 0.6 is 39.3 Å². The fraction of sp³-hybridized carbons (Fsp3) is 0.0870. The van der Waals surface area contributed by atoms with Crippen LogP contribution in [-0.4, -0.2) is 10.8 Å². The normalized spacial score (nSPS) is 11.4. The van der Waals surface area contributed by atoms with Crippen molar-refractivity contribution in [2.24, 2.45) is 4.99 Å². The number of hydrogen-bond acceptors (Lipinski definition) is 3. The Morgan fingerprint density at radius 2 is 1.62 bits per heavy atom. The van der Waals surface area contributed by atoms with Crippen LogP contribution in [0.4, 0.5) is 5.69 Å². The molecule has 0 unspecified atom stereocenters. The Bertz CT molecular complexity index is 1140. The van der Waals surface area contributed by atoms with Crippen molar-refractivity contribution in [3.8, 4) is 5.69 Å². The molecule has 0 saturated heterocycles. The number of hydrogen-bond donors (Lipinski definition) is 0. The molecule has 0 fully saturated rings. The van der Waals surface area contributed by atoms with Crippen molar-refractivity contribution in [2.45, 2.75) is 23.8 Å². The number of rotatable bonds is 5. The van der Waals surface area contributed by atoms with Crippen LogP contribution in [0, 0.1) is 13.8 Å². The van der Waals surface area contributed by atoms with Gasteiger partial charge in [0.1, 0.15) is 5.76 Å². The van der Waals surface area contributed by atoms with Crippen molar-refractivity contribution in [1.82, 2.24) is 4.57 Å². The monoisotopic (exact) mass is 484 g/mol. The molecule has 29 heavy (non-hydrogen) atoms. The second-order valence-electron chi connectivity index (χ2n) is 6.57. The number of furan rings is 1. The molecule has 2 aromatic carbocycles. The van der Waals surface area contributed by atoms with Crippen molar-refractivity contribution in [2.75, 3.05) is 0 Å². The zero-order valence-electron chi connectivity index (χ0n) is 15.9. The van der Waals surface area contributed by atoms with Crippen LogP contribution in [0.3, 0.4) is 0 Å². The van der Waals surface area contributed by atoms with E-state index in [9.17, 15) is 0 Å². The van der Waals surface area contributed by atoms with Crippen molar-refractivity contribution in [3.05, 3.63) is 93.4 Å². The summed E-state index contributed by atoms with van der Waals surface area (Å²) in [6.45, 7) is 4.21. The summed E-state index contributed by atoms with van der Waals surface area (Å²) >= 11 is 11.0. The summed E-state index contributed by atoms with van der Waals surface area (Å²) in [6, 6.07) is 22.0. The van der Waals surface area contributed by atoms with Gasteiger partial charge in [0.15, 0.2) is 5.09 Å². The minimum Gasteiger partial charge on any atom is -0.447 e. The Morgan fingerprint density at radius 3 is 2.28 bits per heavy atom.